The van der Waals surface area contributed by atoms with Gasteiger partial charge < -0.3 is 0 Å². The molecule has 1 N–H and O–H groups in total. The number of halogens is 1. The Morgan fingerprint density at radius 3 is 2.56 bits per heavy atom. The number of hydrogen-bond donors (Lipinski definition) is 1. The number of aromatic amines is 1. The first kappa shape index (κ1) is 15.7. The Bertz CT molecular complexity index is 1050. The third-order valence-electron chi connectivity index (χ3n) is 3.72. The van der Waals surface area contributed by atoms with Gasteiger partial charge in [0.2, 0.25) is 5.82 Å². The van der Waals surface area contributed by atoms with E-state index in [1.165, 1.54) is 0 Å². The fourth-order valence-electron chi connectivity index (χ4n) is 2.48. The van der Waals surface area contributed by atoms with Crippen molar-refractivity contribution in [2.45, 2.75) is 6.54 Å². The topological polar surface area (TPSA) is 64.3 Å². The molecule has 6 nitrogen and oxygen atoms in total. The first-order valence-electron chi connectivity index (χ1n) is 7.59. The molecule has 0 saturated carbocycles. The van der Waals surface area contributed by atoms with Crippen LogP contribution in [0.5, 0.6) is 0 Å². The maximum atomic E-state index is 5.93. The summed E-state index contributed by atoms with van der Waals surface area (Å²) < 4.78 is 2.36. The standard InChI is InChI=1S/C17H13ClN6S/c18-13-6-8-14(9-7-13)24-17(25)15(10-19-24)16-20-22-23(21-16)11-12-4-2-1-3-5-12/h1-10,19H,11H2. The van der Waals surface area contributed by atoms with E-state index < -0.39 is 0 Å². The molecule has 0 spiro atoms. The van der Waals surface area contributed by atoms with E-state index in [0.29, 0.717) is 22.0 Å². The smallest absolute Gasteiger partial charge is 0.209 e. The SMILES string of the molecule is S=c1c(-c2nnn(Cc3ccccc3)n2)c[nH]n1-c1ccc(Cl)cc1. The number of nitrogens with zero attached hydrogens (tertiary/aromatic N) is 5. The van der Waals surface area contributed by atoms with Crippen LogP contribution in [0.15, 0.2) is 60.8 Å². The molecule has 0 aliphatic heterocycles. The second-order valence-electron chi connectivity index (χ2n) is 5.43. The third-order valence-corrected chi connectivity index (χ3v) is 4.37. The van der Waals surface area contributed by atoms with Gasteiger partial charge >= 0.3 is 0 Å². The molecule has 2 aromatic carbocycles. The van der Waals surface area contributed by atoms with Gasteiger partial charge in [0.15, 0.2) is 0 Å². The number of nitrogens with one attached hydrogen (secondary N) is 1. The Labute approximate surface area is 153 Å². The molecule has 0 aliphatic rings. The average molecular weight is 369 g/mol. The first-order valence-corrected chi connectivity index (χ1v) is 8.38. The second kappa shape index (κ2) is 6.62. The summed E-state index contributed by atoms with van der Waals surface area (Å²) in [5.41, 5.74) is 2.72. The van der Waals surface area contributed by atoms with E-state index in [0.717, 1.165) is 16.8 Å². The highest BCUT2D eigenvalue weighted by molar-refractivity contribution is 7.71. The molecule has 0 radical (unpaired) electrons. The fourth-order valence-corrected chi connectivity index (χ4v) is 2.91. The maximum absolute atomic E-state index is 5.93. The number of tetrazole rings is 1. The van der Waals surface area contributed by atoms with Crippen molar-refractivity contribution in [3.63, 3.8) is 0 Å². The van der Waals surface area contributed by atoms with Crippen molar-refractivity contribution in [1.29, 1.82) is 0 Å². The summed E-state index contributed by atoms with van der Waals surface area (Å²) >= 11 is 11.5. The molecule has 0 bridgehead atoms. The summed E-state index contributed by atoms with van der Waals surface area (Å²) in [5, 5.41) is 16.5. The van der Waals surface area contributed by atoms with Gasteiger partial charge in [0.1, 0.15) is 4.64 Å². The lowest BCUT2D eigenvalue weighted by Gasteiger charge is -2.02. The summed E-state index contributed by atoms with van der Waals surface area (Å²) in [5.74, 6) is 0.491. The lowest BCUT2D eigenvalue weighted by atomic mass is 10.2. The van der Waals surface area contributed by atoms with Gasteiger partial charge in [-0.1, -0.05) is 54.2 Å². The van der Waals surface area contributed by atoms with Gasteiger partial charge in [0.25, 0.3) is 0 Å². The molecule has 4 aromatic rings. The van der Waals surface area contributed by atoms with Crippen LogP contribution in [-0.4, -0.2) is 30.0 Å². The third kappa shape index (κ3) is 3.24. The van der Waals surface area contributed by atoms with Crippen LogP contribution in [0.2, 0.25) is 5.02 Å². The first-order chi connectivity index (χ1) is 12.2. The van der Waals surface area contributed by atoms with Crippen molar-refractivity contribution >= 4 is 23.8 Å². The largest absolute Gasteiger partial charge is 0.299 e. The molecule has 0 saturated heterocycles. The van der Waals surface area contributed by atoms with E-state index in [1.54, 1.807) is 15.7 Å². The van der Waals surface area contributed by atoms with Gasteiger partial charge in [0.05, 0.1) is 17.8 Å². The van der Waals surface area contributed by atoms with Gasteiger partial charge in [-0.15, -0.1) is 10.2 Å². The predicted octanol–water partition coefficient (Wildman–Crippen LogP) is 3.89. The number of hydrogen-bond acceptors (Lipinski definition) is 4. The molecular weight excluding hydrogens is 356 g/mol. The van der Waals surface area contributed by atoms with E-state index in [9.17, 15) is 0 Å². The second-order valence-corrected chi connectivity index (χ2v) is 6.26. The molecule has 25 heavy (non-hydrogen) atoms. The number of aromatic nitrogens is 6. The van der Waals surface area contributed by atoms with Gasteiger partial charge in [-0.25, -0.2) is 4.68 Å². The van der Waals surface area contributed by atoms with E-state index in [4.69, 9.17) is 23.8 Å². The zero-order valence-corrected chi connectivity index (χ0v) is 14.6. The van der Waals surface area contributed by atoms with Crippen molar-refractivity contribution in [2.75, 3.05) is 0 Å². The van der Waals surface area contributed by atoms with E-state index in [-0.39, 0.29) is 0 Å². The quantitative estimate of drug-likeness (QED) is 0.555. The van der Waals surface area contributed by atoms with Gasteiger partial charge in [-0.05, 0) is 35.0 Å². The van der Waals surface area contributed by atoms with Crippen molar-refractivity contribution in [2.24, 2.45) is 0 Å². The summed E-state index contributed by atoms with van der Waals surface area (Å²) in [6.07, 6.45) is 1.78. The van der Waals surface area contributed by atoms with Gasteiger partial charge in [-0.3, -0.25) is 5.10 Å². The minimum absolute atomic E-state index is 0.491. The van der Waals surface area contributed by atoms with Crippen LogP contribution in [-0.2, 0) is 6.54 Å². The van der Waals surface area contributed by atoms with Crippen LogP contribution in [0.4, 0.5) is 0 Å². The predicted molar refractivity (Wildman–Crippen MR) is 98.3 cm³/mol. The Morgan fingerprint density at radius 1 is 1.04 bits per heavy atom. The highest BCUT2D eigenvalue weighted by Crippen LogP contribution is 2.19. The summed E-state index contributed by atoms with van der Waals surface area (Å²) in [6, 6.07) is 17.4. The van der Waals surface area contributed by atoms with E-state index in [1.807, 2.05) is 54.6 Å². The minimum Gasteiger partial charge on any atom is -0.299 e. The van der Waals surface area contributed by atoms with Crippen LogP contribution in [0.3, 0.4) is 0 Å². The summed E-state index contributed by atoms with van der Waals surface area (Å²) in [4.78, 5) is 1.55. The lowest BCUT2D eigenvalue weighted by Crippen LogP contribution is -2.03. The van der Waals surface area contributed by atoms with Gasteiger partial charge in [0, 0.05) is 11.2 Å². The molecule has 8 heteroatoms. The van der Waals surface area contributed by atoms with Crippen LogP contribution in [0.25, 0.3) is 17.1 Å². The molecule has 124 valence electrons. The Morgan fingerprint density at radius 2 is 1.80 bits per heavy atom. The summed E-state index contributed by atoms with van der Waals surface area (Å²) in [7, 11) is 0. The number of rotatable bonds is 4. The van der Waals surface area contributed by atoms with Crippen LogP contribution in [0.1, 0.15) is 5.56 Å². The molecule has 0 unspecified atom stereocenters. The van der Waals surface area contributed by atoms with Crippen molar-refractivity contribution in [3.05, 3.63) is 76.0 Å². The zero-order chi connectivity index (χ0) is 17.2. The van der Waals surface area contributed by atoms with E-state index in [2.05, 4.69) is 20.5 Å². The molecular formula is C17H13ClN6S. The highest BCUT2D eigenvalue weighted by Gasteiger charge is 2.12. The number of benzene rings is 2. The van der Waals surface area contributed by atoms with Crippen molar-refractivity contribution in [3.8, 4) is 17.1 Å². The van der Waals surface area contributed by atoms with Crippen molar-refractivity contribution in [1.82, 2.24) is 30.0 Å². The summed E-state index contributed by atoms with van der Waals surface area (Å²) in [6.45, 7) is 0.558. The normalized spacial score (nSPS) is 10.9. The lowest BCUT2D eigenvalue weighted by molar-refractivity contribution is 0.573. The molecule has 0 amide bonds. The Kier molecular flexibility index (Phi) is 4.17. The zero-order valence-electron chi connectivity index (χ0n) is 13.0. The number of H-pyrrole nitrogens is 1. The fraction of sp³-hybridized carbons (Fsp3) is 0.0588. The van der Waals surface area contributed by atoms with E-state index >= 15 is 0 Å². The maximum Gasteiger partial charge on any atom is 0.209 e. The van der Waals surface area contributed by atoms with Crippen LogP contribution >= 0.6 is 23.8 Å². The average Bonchev–Trinajstić information content (AvgIpc) is 3.23. The van der Waals surface area contributed by atoms with Crippen LogP contribution < -0.4 is 0 Å². The highest BCUT2D eigenvalue weighted by atomic mass is 35.5. The molecule has 2 heterocycles. The van der Waals surface area contributed by atoms with Gasteiger partial charge in [-0.2, -0.15) is 4.80 Å². The molecule has 0 aliphatic carbocycles. The molecule has 0 fully saturated rings. The minimum atomic E-state index is 0.491. The monoisotopic (exact) mass is 368 g/mol. The Hall–Kier alpha value is -2.77. The molecule has 0 atom stereocenters. The molecule has 4 rings (SSSR count). The Balaban J connectivity index is 1.63. The van der Waals surface area contributed by atoms with Crippen molar-refractivity contribution < 1.29 is 0 Å². The van der Waals surface area contributed by atoms with Crippen LogP contribution in [0, 0.1) is 4.64 Å². The molecule has 2 aromatic heterocycles.